The molecule has 1 aliphatic heterocycles. The van der Waals surface area contributed by atoms with Gasteiger partial charge >= 0.3 is 0 Å². The van der Waals surface area contributed by atoms with Gasteiger partial charge in [0.15, 0.2) is 0 Å². The summed E-state index contributed by atoms with van der Waals surface area (Å²) >= 11 is 0. The van der Waals surface area contributed by atoms with Gasteiger partial charge in [-0.25, -0.2) is 0 Å². The van der Waals surface area contributed by atoms with Gasteiger partial charge in [-0.15, -0.1) is 0 Å². The Morgan fingerprint density at radius 3 is 2.31 bits per heavy atom. The summed E-state index contributed by atoms with van der Waals surface area (Å²) in [4.78, 5) is 38.7. The fourth-order valence-electron chi connectivity index (χ4n) is 3.42. The van der Waals surface area contributed by atoms with E-state index in [2.05, 4.69) is 10.6 Å². The van der Waals surface area contributed by atoms with Crippen LogP contribution in [0.4, 0.5) is 0 Å². The normalized spacial score (nSPS) is 14.2. The topological polar surface area (TPSA) is 87.7 Å². The van der Waals surface area contributed by atoms with Gasteiger partial charge in [0.25, 0.3) is 5.91 Å². The van der Waals surface area contributed by atoms with E-state index in [-0.39, 0.29) is 17.7 Å². The number of likely N-dealkylation sites (tertiary alicyclic amines) is 1. The predicted molar refractivity (Wildman–Crippen MR) is 123 cm³/mol. The van der Waals surface area contributed by atoms with Crippen molar-refractivity contribution in [2.45, 2.75) is 32.4 Å². The molecule has 1 heterocycles. The minimum Gasteiger partial charge on any atom is -0.497 e. The number of hydrogen-bond donors (Lipinski definition) is 2. The van der Waals surface area contributed by atoms with E-state index in [1.54, 1.807) is 32.2 Å². The van der Waals surface area contributed by atoms with Crippen LogP contribution in [0.1, 0.15) is 41.3 Å². The third kappa shape index (κ3) is 6.44. The molecule has 3 rings (SSSR count). The predicted octanol–water partition coefficient (Wildman–Crippen LogP) is 2.77. The number of hydrogen-bond acceptors (Lipinski definition) is 4. The van der Waals surface area contributed by atoms with E-state index in [0.29, 0.717) is 12.1 Å². The lowest BCUT2D eigenvalue weighted by atomic mass is 10.1. The monoisotopic (exact) mass is 435 g/mol. The number of benzene rings is 2. The largest absolute Gasteiger partial charge is 0.497 e. The summed E-state index contributed by atoms with van der Waals surface area (Å²) in [5, 5.41) is 5.46. The number of carbonyl (C=O) groups is 3. The Kier molecular flexibility index (Phi) is 8.02. The van der Waals surface area contributed by atoms with Crippen molar-refractivity contribution in [3.63, 3.8) is 0 Å². The number of carbonyl (C=O) groups excluding carboxylic acids is 3. The Morgan fingerprint density at radius 2 is 1.69 bits per heavy atom. The van der Waals surface area contributed by atoms with E-state index in [1.165, 1.54) is 6.08 Å². The number of ether oxygens (including phenoxy) is 1. The molecule has 1 atom stereocenters. The number of rotatable bonds is 8. The smallest absolute Gasteiger partial charge is 0.253 e. The first-order valence-corrected chi connectivity index (χ1v) is 10.7. The van der Waals surface area contributed by atoms with Crippen LogP contribution in [0, 0.1) is 0 Å². The molecule has 0 aromatic heterocycles. The van der Waals surface area contributed by atoms with Crippen LogP contribution in [0.2, 0.25) is 0 Å². The maximum atomic E-state index is 12.4. The molecular formula is C25H29N3O4. The average molecular weight is 436 g/mol. The molecule has 1 unspecified atom stereocenters. The number of nitrogens with zero attached hydrogens (tertiary/aromatic N) is 1. The minimum absolute atomic E-state index is 0.0529. The molecule has 32 heavy (non-hydrogen) atoms. The van der Waals surface area contributed by atoms with Crippen LogP contribution in [-0.4, -0.2) is 48.9 Å². The number of nitrogens with one attached hydrogen (secondary N) is 2. The molecule has 7 heteroatoms. The van der Waals surface area contributed by atoms with Gasteiger partial charge in [-0.2, -0.15) is 0 Å². The lowest BCUT2D eigenvalue weighted by Gasteiger charge is -2.16. The molecule has 2 aromatic rings. The third-order valence-corrected chi connectivity index (χ3v) is 5.36. The Hall–Kier alpha value is -3.61. The van der Waals surface area contributed by atoms with Crippen molar-refractivity contribution in [2.75, 3.05) is 20.2 Å². The van der Waals surface area contributed by atoms with E-state index >= 15 is 0 Å². The Labute approximate surface area is 188 Å². The standard InChI is InChI=1S/C25H29N3O4/c1-18(27-23(29)14-9-19-7-12-22(32-2)13-8-19)24(30)26-17-20-5-10-21(11-6-20)25(31)28-15-3-4-16-28/h5-14,18H,3-4,15-17H2,1-2H3,(H,26,30)(H,27,29)/b14-9+. The van der Waals surface area contributed by atoms with Crippen LogP contribution in [0.5, 0.6) is 5.75 Å². The van der Waals surface area contributed by atoms with Gasteiger partial charge in [-0.05, 0) is 61.2 Å². The van der Waals surface area contributed by atoms with Crippen molar-refractivity contribution in [3.05, 3.63) is 71.3 Å². The fraction of sp³-hybridized carbons (Fsp3) is 0.320. The molecule has 1 aliphatic rings. The lowest BCUT2D eigenvalue weighted by Crippen LogP contribution is -2.44. The Morgan fingerprint density at radius 1 is 1.03 bits per heavy atom. The zero-order valence-electron chi connectivity index (χ0n) is 18.5. The highest BCUT2D eigenvalue weighted by Gasteiger charge is 2.19. The molecule has 0 radical (unpaired) electrons. The highest BCUT2D eigenvalue weighted by molar-refractivity contribution is 5.95. The van der Waals surface area contributed by atoms with Crippen molar-refractivity contribution in [3.8, 4) is 5.75 Å². The molecule has 2 N–H and O–H groups in total. The molecule has 0 aliphatic carbocycles. The summed E-state index contributed by atoms with van der Waals surface area (Å²) in [6, 6.07) is 13.9. The zero-order chi connectivity index (χ0) is 22.9. The van der Waals surface area contributed by atoms with Gasteiger partial charge in [0.2, 0.25) is 11.8 Å². The van der Waals surface area contributed by atoms with Crippen LogP contribution in [0.3, 0.4) is 0 Å². The molecule has 168 valence electrons. The van der Waals surface area contributed by atoms with E-state index in [1.807, 2.05) is 41.3 Å². The molecule has 3 amide bonds. The Bertz CT molecular complexity index is 962. The maximum absolute atomic E-state index is 12.4. The van der Waals surface area contributed by atoms with Crippen molar-refractivity contribution in [1.29, 1.82) is 0 Å². The highest BCUT2D eigenvalue weighted by Crippen LogP contribution is 2.14. The minimum atomic E-state index is -0.681. The molecule has 2 aromatic carbocycles. The van der Waals surface area contributed by atoms with E-state index in [4.69, 9.17) is 4.74 Å². The van der Waals surface area contributed by atoms with Gasteiger partial charge < -0.3 is 20.3 Å². The van der Waals surface area contributed by atoms with Crippen LogP contribution in [-0.2, 0) is 16.1 Å². The summed E-state index contributed by atoms with van der Waals surface area (Å²) in [5.41, 5.74) is 2.39. The zero-order valence-corrected chi connectivity index (χ0v) is 18.5. The van der Waals surface area contributed by atoms with Crippen LogP contribution < -0.4 is 15.4 Å². The second kappa shape index (κ2) is 11.1. The molecular weight excluding hydrogens is 406 g/mol. The first-order valence-electron chi connectivity index (χ1n) is 10.7. The number of amides is 3. The molecule has 1 fully saturated rings. The van der Waals surface area contributed by atoms with Gasteiger partial charge in [0.1, 0.15) is 11.8 Å². The van der Waals surface area contributed by atoms with Gasteiger partial charge in [0.05, 0.1) is 7.11 Å². The summed E-state index contributed by atoms with van der Waals surface area (Å²) < 4.78 is 5.10. The molecule has 0 saturated carbocycles. The van der Waals surface area contributed by atoms with Crippen molar-refractivity contribution in [1.82, 2.24) is 15.5 Å². The molecule has 1 saturated heterocycles. The van der Waals surface area contributed by atoms with Gasteiger partial charge in [0, 0.05) is 31.3 Å². The average Bonchev–Trinajstić information content (AvgIpc) is 3.36. The summed E-state index contributed by atoms with van der Waals surface area (Å²) in [6.07, 6.45) is 5.18. The summed E-state index contributed by atoms with van der Waals surface area (Å²) in [5.74, 6) is 0.156. The van der Waals surface area contributed by atoms with E-state index < -0.39 is 6.04 Å². The van der Waals surface area contributed by atoms with Crippen LogP contribution in [0.25, 0.3) is 6.08 Å². The van der Waals surface area contributed by atoms with Crippen molar-refractivity contribution < 1.29 is 19.1 Å². The summed E-state index contributed by atoms with van der Waals surface area (Å²) in [7, 11) is 1.59. The lowest BCUT2D eigenvalue weighted by molar-refractivity contribution is -0.126. The second-order valence-electron chi connectivity index (χ2n) is 7.75. The Balaban J connectivity index is 1.44. The van der Waals surface area contributed by atoms with Crippen LogP contribution in [0.15, 0.2) is 54.6 Å². The fourth-order valence-corrected chi connectivity index (χ4v) is 3.42. The van der Waals surface area contributed by atoms with Crippen molar-refractivity contribution in [2.24, 2.45) is 0 Å². The van der Waals surface area contributed by atoms with Gasteiger partial charge in [-0.3, -0.25) is 14.4 Å². The molecule has 0 spiro atoms. The highest BCUT2D eigenvalue weighted by atomic mass is 16.5. The van der Waals surface area contributed by atoms with E-state index in [9.17, 15) is 14.4 Å². The van der Waals surface area contributed by atoms with Gasteiger partial charge in [-0.1, -0.05) is 24.3 Å². The third-order valence-electron chi connectivity index (χ3n) is 5.36. The molecule has 0 bridgehead atoms. The van der Waals surface area contributed by atoms with Crippen molar-refractivity contribution >= 4 is 23.8 Å². The second-order valence-corrected chi connectivity index (χ2v) is 7.75. The first-order chi connectivity index (χ1) is 15.5. The molecule has 7 nitrogen and oxygen atoms in total. The SMILES string of the molecule is COc1ccc(/C=C/C(=O)NC(C)C(=O)NCc2ccc(C(=O)N3CCCC3)cc2)cc1. The number of methoxy groups -OCH3 is 1. The van der Waals surface area contributed by atoms with E-state index in [0.717, 1.165) is 42.8 Å². The quantitative estimate of drug-likeness (QED) is 0.624. The van der Waals surface area contributed by atoms with Crippen LogP contribution >= 0.6 is 0 Å². The summed E-state index contributed by atoms with van der Waals surface area (Å²) in [6.45, 7) is 3.58. The maximum Gasteiger partial charge on any atom is 0.253 e. The first kappa shape index (κ1) is 23.1.